The number of thiazole rings is 1. The standard InChI is InChI=1S/C13H15N3O2S2/c1-9(17)14-4-5-15-12(18)7-10-8-20-13(16-10)11-3-2-6-19-11/h2-3,6,8H,4-5,7H2,1H3,(H,14,17)(H,15,18). The molecule has 2 amide bonds. The van der Waals surface area contributed by atoms with Crippen LogP contribution in [-0.2, 0) is 16.0 Å². The second-order valence-corrected chi connectivity index (χ2v) is 5.94. The lowest BCUT2D eigenvalue weighted by Gasteiger charge is -2.04. The van der Waals surface area contributed by atoms with Crippen molar-refractivity contribution in [2.24, 2.45) is 0 Å². The summed E-state index contributed by atoms with van der Waals surface area (Å²) in [6.07, 6.45) is 0.266. The van der Waals surface area contributed by atoms with Crippen LogP contribution in [0.15, 0.2) is 22.9 Å². The molecule has 0 aliphatic rings. The Hall–Kier alpha value is -1.73. The van der Waals surface area contributed by atoms with E-state index < -0.39 is 0 Å². The number of carbonyl (C=O) groups excluding carboxylic acids is 2. The number of hydrogen-bond donors (Lipinski definition) is 2. The van der Waals surface area contributed by atoms with Gasteiger partial charge >= 0.3 is 0 Å². The Labute approximate surface area is 125 Å². The molecule has 2 N–H and O–H groups in total. The third kappa shape index (κ3) is 4.43. The molecular weight excluding hydrogens is 294 g/mol. The monoisotopic (exact) mass is 309 g/mol. The molecule has 2 aromatic heterocycles. The summed E-state index contributed by atoms with van der Waals surface area (Å²) in [6, 6.07) is 4.00. The van der Waals surface area contributed by atoms with Crippen molar-refractivity contribution in [2.75, 3.05) is 13.1 Å². The molecule has 20 heavy (non-hydrogen) atoms. The first-order chi connectivity index (χ1) is 9.65. The van der Waals surface area contributed by atoms with Gasteiger partial charge in [0, 0.05) is 25.4 Å². The minimum Gasteiger partial charge on any atom is -0.355 e. The van der Waals surface area contributed by atoms with Crippen molar-refractivity contribution in [1.29, 1.82) is 0 Å². The molecule has 0 bridgehead atoms. The SMILES string of the molecule is CC(=O)NCCNC(=O)Cc1csc(-c2cccs2)n1. The van der Waals surface area contributed by atoms with Gasteiger partial charge in [-0.15, -0.1) is 22.7 Å². The average molecular weight is 309 g/mol. The van der Waals surface area contributed by atoms with Crippen LogP contribution in [-0.4, -0.2) is 29.9 Å². The van der Waals surface area contributed by atoms with Crippen molar-refractivity contribution >= 4 is 34.5 Å². The lowest BCUT2D eigenvalue weighted by Crippen LogP contribution is -2.34. The van der Waals surface area contributed by atoms with Gasteiger partial charge in [-0.05, 0) is 11.4 Å². The molecule has 0 unspecified atom stereocenters. The Kier molecular flexibility index (Phi) is 5.25. The summed E-state index contributed by atoms with van der Waals surface area (Å²) in [7, 11) is 0. The van der Waals surface area contributed by atoms with Crippen molar-refractivity contribution in [3.05, 3.63) is 28.6 Å². The van der Waals surface area contributed by atoms with Gasteiger partial charge in [0.2, 0.25) is 11.8 Å². The summed E-state index contributed by atoms with van der Waals surface area (Å²) >= 11 is 3.18. The van der Waals surface area contributed by atoms with Crippen LogP contribution in [0.1, 0.15) is 12.6 Å². The summed E-state index contributed by atoms with van der Waals surface area (Å²) in [4.78, 5) is 27.9. The largest absolute Gasteiger partial charge is 0.355 e. The van der Waals surface area contributed by atoms with Gasteiger partial charge in [0.05, 0.1) is 17.0 Å². The highest BCUT2D eigenvalue weighted by Crippen LogP contribution is 2.27. The van der Waals surface area contributed by atoms with E-state index in [4.69, 9.17) is 0 Å². The highest BCUT2D eigenvalue weighted by atomic mass is 32.1. The molecule has 0 fully saturated rings. The molecule has 2 aromatic rings. The molecule has 0 radical (unpaired) electrons. The fourth-order valence-corrected chi connectivity index (χ4v) is 3.20. The number of rotatable bonds is 6. The van der Waals surface area contributed by atoms with Gasteiger partial charge in [0.1, 0.15) is 5.01 Å². The Balaban J connectivity index is 1.78. The fraction of sp³-hybridized carbons (Fsp3) is 0.308. The number of nitrogens with zero attached hydrogens (tertiary/aromatic N) is 1. The summed E-state index contributed by atoms with van der Waals surface area (Å²) in [5.41, 5.74) is 0.774. The molecule has 7 heteroatoms. The first kappa shape index (κ1) is 14.7. The lowest BCUT2D eigenvalue weighted by molar-refractivity contribution is -0.121. The topological polar surface area (TPSA) is 71.1 Å². The third-order valence-electron chi connectivity index (χ3n) is 2.45. The van der Waals surface area contributed by atoms with Crippen molar-refractivity contribution in [3.63, 3.8) is 0 Å². The number of thiophene rings is 1. The normalized spacial score (nSPS) is 10.2. The fourth-order valence-electron chi connectivity index (χ4n) is 1.57. The predicted octanol–water partition coefficient (Wildman–Crippen LogP) is 1.67. The van der Waals surface area contributed by atoms with E-state index in [0.29, 0.717) is 13.1 Å². The van der Waals surface area contributed by atoms with Crippen LogP contribution in [0.25, 0.3) is 9.88 Å². The van der Waals surface area contributed by atoms with Crippen LogP contribution in [0.2, 0.25) is 0 Å². The predicted molar refractivity (Wildman–Crippen MR) is 80.8 cm³/mol. The minimum atomic E-state index is -0.0978. The molecule has 0 saturated heterocycles. The summed E-state index contributed by atoms with van der Waals surface area (Å²) < 4.78 is 0. The quantitative estimate of drug-likeness (QED) is 0.797. The highest BCUT2D eigenvalue weighted by Gasteiger charge is 2.09. The Morgan fingerprint density at radius 2 is 2.05 bits per heavy atom. The van der Waals surface area contributed by atoms with Crippen LogP contribution in [0.4, 0.5) is 0 Å². The number of hydrogen-bond acceptors (Lipinski definition) is 5. The third-order valence-corrected chi connectivity index (χ3v) is 4.38. The van der Waals surface area contributed by atoms with Gasteiger partial charge in [-0.1, -0.05) is 6.07 Å². The van der Waals surface area contributed by atoms with E-state index in [9.17, 15) is 9.59 Å². The molecule has 5 nitrogen and oxygen atoms in total. The number of nitrogens with one attached hydrogen (secondary N) is 2. The van der Waals surface area contributed by atoms with E-state index in [1.165, 1.54) is 6.92 Å². The van der Waals surface area contributed by atoms with Crippen LogP contribution in [0.3, 0.4) is 0 Å². The van der Waals surface area contributed by atoms with Crippen molar-refractivity contribution in [1.82, 2.24) is 15.6 Å². The van der Waals surface area contributed by atoms with Crippen molar-refractivity contribution in [3.8, 4) is 9.88 Å². The minimum absolute atomic E-state index is 0.0848. The van der Waals surface area contributed by atoms with E-state index in [0.717, 1.165) is 15.6 Å². The van der Waals surface area contributed by atoms with Crippen molar-refractivity contribution < 1.29 is 9.59 Å². The Morgan fingerprint density at radius 3 is 2.75 bits per heavy atom. The van der Waals surface area contributed by atoms with Crippen LogP contribution in [0, 0.1) is 0 Å². The number of carbonyl (C=O) groups is 2. The molecule has 0 atom stereocenters. The molecule has 2 heterocycles. The van der Waals surface area contributed by atoms with Gasteiger partial charge in [0.15, 0.2) is 0 Å². The maximum Gasteiger partial charge on any atom is 0.226 e. The van der Waals surface area contributed by atoms with Gasteiger partial charge < -0.3 is 10.6 Å². The Bertz CT molecular complexity index is 578. The zero-order valence-corrected chi connectivity index (χ0v) is 12.6. The first-order valence-corrected chi connectivity index (χ1v) is 7.90. The zero-order valence-electron chi connectivity index (χ0n) is 11.0. The number of amides is 2. The summed E-state index contributed by atoms with van der Waals surface area (Å²) in [5, 5.41) is 10.2. The van der Waals surface area contributed by atoms with E-state index in [-0.39, 0.29) is 18.2 Å². The van der Waals surface area contributed by atoms with Crippen LogP contribution in [0.5, 0.6) is 0 Å². The maximum absolute atomic E-state index is 11.7. The van der Waals surface area contributed by atoms with Gasteiger partial charge in [-0.2, -0.15) is 0 Å². The van der Waals surface area contributed by atoms with Crippen LogP contribution < -0.4 is 10.6 Å². The summed E-state index contributed by atoms with van der Waals surface area (Å²) in [5.74, 6) is -0.183. The molecule has 2 rings (SSSR count). The van der Waals surface area contributed by atoms with E-state index in [1.54, 1.807) is 22.7 Å². The maximum atomic E-state index is 11.7. The molecule has 106 valence electrons. The smallest absolute Gasteiger partial charge is 0.226 e. The molecule has 0 spiro atoms. The van der Waals surface area contributed by atoms with Gasteiger partial charge in [0.25, 0.3) is 0 Å². The van der Waals surface area contributed by atoms with E-state index >= 15 is 0 Å². The Morgan fingerprint density at radius 1 is 1.25 bits per heavy atom. The lowest BCUT2D eigenvalue weighted by atomic mass is 10.3. The van der Waals surface area contributed by atoms with Crippen molar-refractivity contribution in [2.45, 2.75) is 13.3 Å². The molecule has 0 saturated carbocycles. The first-order valence-electron chi connectivity index (χ1n) is 6.14. The number of aromatic nitrogens is 1. The molecule has 0 aromatic carbocycles. The summed E-state index contributed by atoms with van der Waals surface area (Å²) in [6.45, 7) is 2.32. The van der Waals surface area contributed by atoms with Gasteiger partial charge in [-0.25, -0.2) is 4.98 Å². The molecule has 0 aliphatic carbocycles. The average Bonchev–Trinajstić information content (AvgIpc) is 3.04. The second kappa shape index (κ2) is 7.16. The second-order valence-electron chi connectivity index (χ2n) is 4.13. The van der Waals surface area contributed by atoms with E-state index in [2.05, 4.69) is 15.6 Å². The van der Waals surface area contributed by atoms with Gasteiger partial charge in [-0.3, -0.25) is 9.59 Å². The zero-order chi connectivity index (χ0) is 14.4. The molecule has 0 aliphatic heterocycles. The highest BCUT2D eigenvalue weighted by molar-refractivity contribution is 7.20. The van der Waals surface area contributed by atoms with Crippen LogP contribution >= 0.6 is 22.7 Å². The van der Waals surface area contributed by atoms with E-state index in [1.807, 2.05) is 22.9 Å². The molecular formula is C13H15N3O2S2.